The summed E-state index contributed by atoms with van der Waals surface area (Å²) in [5, 5.41) is 18.7. The summed E-state index contributed by atoms with van der Waals surface area (Å²) >= 11 is 0. The van der Waals surface area contributed by atoms with E-state index in [0.717, 1.165) is 0 Å². The minimum absolute atomic E-state index is 0.0556. The highest BCUT2D eigenvalue weighted by molar-refractivity contribution is 5.70. The van der Waals surface area contributed by atoms with Gasteiger partial charge >= 0.3 is 6.09 Å². The molecule has 2 N–H and O–H groups in total. The number of aromatic hydroxyl groups is 1. The van der Waals surface area contributed by atoms with Crippen molar-refractivity contribution in [2.75, 3.05) is 14.1 Å². The lowest BCUT2D eigenvalue weighted by Crippen LogP contribution is -2.25. The van der Waals surface area contributed by atoms with Crippen LogP contribution in [0.2, 0.25) is 0 Å². The first-order chi connectivity index (χ1) is 7.40. The predicted molar refractivity (Wildman–Crippen MR) is 58.5 cm³/mol. The first kappa shape index (κ1) is 12.3. The molecule has 0 heterocycles. The molecule has 1 unspecified atom stereocenters. The molecule has 1 rings (SSSR count). The van der Waals surface area contributed by atoms with Gasteiger partial charge in [-0.25, -0.2) is 4.79 Å². The lowest BCUT2D eigenvalue weighted by molar-refractivity contribution is 0.171. The van der Waals surface area contributed by atoms with Gasteiger partial charge in [0.05, 0.1) is 6.10 Å². The highest BCUT2D eigenvalue weighted by Gasteiger charge is 2.10. The third-order valence-electron chi connectivity index (χ3n) is 1.97. The molecule has 0 aromatic heterocycles. The zero-order valence-corrected chi connectivity index (χ0v) is 9.47. The second kappa shape index (κ2) is 4.85. The number of carbonyl (C=O) groups is 1. The summed E-state index contributed by atoms with van der Waals surface area (Å²) in [6, 6.07) is 4.23. The molecular formula is C11H15NO4. The van der Waals surface area contributed by atoms with Crippen molar-refractivity contribution in [2.24, 2.45) is 0 Å². The molecule has 0 spiro atoms. The molecule has 0 aliphatic rings. The molecule has 0 saturated carbocycles. The first-order valence-electron chi connectivity index (χ1n) is 4.81. The van der Waals surface area contributed by atoms with Crippen LogP contribution < -0.4 is 4.74 Å². The van der Waals surface area contributed by atoms with E-state index in [1.165, 1.54) is 23.1 Å². The van der Waals surface area contributed by atoms with Crippen molar-refractivity contribution in [1.82, 2.24) is 4.90 Å². The molecule has 5 heteroatoms. The lowest BCUT2D eigenvalue weighted by Gasteiger charge is -2.12. The Morgan fingerprint density at radius 2 is 2.00 bits per heavy atom. The highest BCUT2D eigenvalue weighted by Crippen LogP contribution is 2.25. The molecule has 0 aliphatic heterocycles. The van der Waals surface area contributed by atoms with Crippen molar-refractivity contribution in [3.05, 3.63) is 23.8 Å². The molecular weight excluding hydrogens is 210 g/mol. The lowest BCUT2D eigenvalue weighted by atomic mass is 10.1. The number of aliphatic hydroxyl groups is 1. The largest absolute Gasteiger partial charge is 0.508 e. The van der Waals surface area contributed by atoms with Crippen LogP contribution in [0.3, 0.4) is 0 Å². The van der Waals surface area contributed by atoms with Gasteiger partial charge in [-0.3, -0.25) is 0 Å². The van der Waals surface area contributed by atoms with Crippen LogP contribution in [0.4, 0.5) is 4.79 Å². The van der Waals surface area contributed by atoms with Crippen LogP contribution in [0, 0.1) is 0 Å². The van der Waals surface area contributed by atoms with Gasteiger partial charge in [-0.15, -0.1) is 0 Å². The Morgan fingerprint density at radius 1 is 1.38 bits per heavy atom. The number of phenolic OH excluding ortho intramolecular Hbond substituents is 1. The fourth-order valence-electron chi connectivity index (χ4n) is 1.10. The number of phenols is 1. The molecule has 1 aromatic carbocycles. The maximum Gasteiger partial charge on any atom is 0.414 e. The molecule has 0 radical (unpaired) electrons. The highest BCUT2D eigenvalue weighted by atomic mass is 16.6. The van der Waals surface area contributed by atoms with Crippen LogP contribution in [0.15, 0.2) is 18.2 Å². The molecule has 0 fully saturated rings. The second-order valence-corrected chi connectivity index (χ2v) is 3.70. The summed E-state index contributed by atoms with van der Waals surface area (Å²) in [5.41, 5.74) is 0.488. The SMILES string of the molecule is CC(O)c1cc(O)cc(OC(=O)N(C)C)c1. The number of aliphatic hydroxyl groups excluding tert-OH is 1. The average Bonchev–Trinajstić information content (AvgIpc) is 2.16. The Hall–Kier alpha value is -1.75. The van der Waals surface area contributed by atoms with Crippen LogP contribution in [-0.2, 0) is 0 Å². The van der Waals surface area contributed by atoms with Gasteiger partial charge in [0.15, 0.2) is 0 Å². The van der Waals surface area contributed by atoms with Gasteiger partial charge in [0, 0.05) is 20.2 Å². The molecule has 1 aromatic rings. The summed E-state index contributed by atoms with van der Waals surface area (Å²) in [7, 11) is 3.11. The summed E-state index contributed by atoms with van der Waals surface area (Å²) in [5.74, 6) is 0.148. The minimum Gasteiger partial charge on any atom is -0.508 e. The van der Waals surface area contributed by atoms with Crippen molar-refractivity contribution in [3.63, 3.8) is 0 Å². The summed E-state index contributed by atoms with van der Waals surface area (Å²) in [4.78, 5) is 12.5. The third-order valence-corrected chi connectivity index (χ3v) is 1.97. The maximum atomic E-state index is 11.3. The average molecular weight is 225 g/mol. The first-order valence-corrected chi connectivity index (χ1v) is 4.81. The number of benzene rings is 1. The fraction of sp³-hybridized carbons (Fsp3) is 0.364. The van der Waals surface area contributed by atoms with Crippen molar-refractivity contribution >= 4 is 6.09 Å². The van der Waals surface area contributed by atoms with Crippen LogP contribution in [0.25, 0.3) is 0 Å². The van der Waals surface area contributed by atoms with E-state index in [4.69, 9.17) is 4.74 Å². The van der Waals surface area contributed by atoms with Crippen LogP contribution in [0.5, 0.6) is 11.5 Å². The standard InChI is InChI=1S/C11H15NO4/c1-7(13)8-4-9(14)6-10(5-8)16-11(15)12(2)3/h4-7,13-14H,1-3H3. The number of rotatable bonds is 2. The Labute approximate surface area is 93.9 Å². The van der Waals surface area contributed by atoms with Gasteiger partial charge in [-0.05, 0) is 24.6 Å². The van der Waals surface area contributed by atoms with Gasteiger partial charge in [-0.1, -0.05) is 0 Å². The second-order valence-electron chi connectivity index (χ2n) is 3.70. The number of hydrogen-bond donors (Lipinski definition) is 2. The zero-order chi connectivity index (χ0) is 12.3. The fourth-order valence-corrected chi connectivity index (χ4v) is 1.10. The third kappa shape index (κ3) is 3.13. The van der Waals surface area contributed by atoms with Crippen molar-refractivity contribution < 1.29 is 19.7 Å². The van der Waals surface area contributed by atoms with E-state index in [1.54, 1.807) is 21.0 Å². The number of hydrogen-bond acceptors (Lipinski definition) is 4. The zero-order valence-electron chi connectivity index (χ0n) is 9.47. The topological polar surface area (TPSA) is 70.0 Å². The smallest absolute Gasteiger partial charge is 0.414 e. The molecule has 0 saturated heterocycles. The molecule has 0 bridgehead atoms. The Morgan fingerprint density at radius 3 is 2.50 bits per heavy atom. The van der Waals surface area contributed by atoms with Gasteiger partial charge in [0.1, 0.15) is 11.5 Å². The van der Waals surface area contributed by atoms with Crippen molar-refractivity contribution in [2.45, 2.75) is 13.0 Å². The molecule has 88 valence electrons. The Kier molecular flexibility index (Phi) is 3.73. The van der Waals surface area contributed by atoms with E-state index in [2.05, 4.69) is 0 Å². The van der Waals surface area contributed by atoms with E-state index in [-0.39, 0.29) is 11.5 Å². The predicted octanol–water partition coefficient (Wildman–Crippen LogP) is 1.51. The van der Waals surface area contributed by atoms with E-state index in [0.29, 0.717) is 5.56 Å². The van der Waals surface area contributed by atoms with Gasteiger partial charge in [0.2, 0.25) is 0 Å². The van der Waals surface area contributed by atoms with Crippen LogP contribution in [0.1, 0.15) is 18.6 Å². The summed E-state index contributed by atoms with van der Waals surface area (Å²) < 4.78 is 4.96. The molecule has 0 aliphatic carbocycles. The minimum atomic E-state index is -0.732. The quantitative estimate of drug-likeness (QED) is 0.800. The Balaban J connectivity index is 2.92. The number of nitrogens with zero attached hydrogens (tertiary/aromatic N) is 1. The van der Waals surface area contributed by atoms with Gasteiger partial charge in [0.25, 0.3) is 0 Å². The number of amides is 1. The monoisotopic (exact) mass is 225 g/mol. The van der Waals surface area contributed by atoms with E-state index in [9.17, 15) is 15.0 Å². The molecule has 1 atom stereocenters. The van der Waals surface area contributed by atoms with Gasteiger partial charge < -0.3 is 19.8 Å². The Bertz CT molecular complexity index is 388. The number of ether oxygens (including phenoxy) is 1. The van der Waals surface area contributed by atoms with Crippen LogP contribution in [-0.4, -0.2) is 35.3 Å². The van der Waals surface area contributed by atoms with E-state index >= 15 is 0 Å². The van der Waals surface area contributed by atoms with Gasteiger partial charge in [-0.2, -0.15) is 0 Å². The number of carbonyl (C=O) groups excluding carboxylic acids is 1. The summed E-state index contributed by atoms with van der Waals surface area (Å²) in [6.45, 7) is 1.56. The van der Waals surface area contributed by atoms with Crippen molar-refractivity contribution in [1.29, 1.82) is 0 Å². The molecule has 1 amide bonds. The normalized spacial score (nSPS) is 12.0. The molecule has 16 heavy (non-hydrogen) atoms. The summed E-state index contributed by atoms with van der Waals surface area (Å²) in [6.07, 6.45) is -1.27. The van der Waals surface area contributed by atoms with E-state index in [1.807, 2.05) is 0 Å². The maximum absolute atomic E-state index is 11.3. The molecule has 5 nitrogen and oxygen atoms in total. The van der Waals surface area contributed by atoms with Crippen molar-refractivity contribution in [3.8, 4) is 11.5 Å². The van der Waals surface area contributed by atoms with Crippen LogP contribution >= 0.6 is 0 Å². The van der Waals surface area contributed by atoms with E-state index < -0.39 is 12.2 Å².